The lowest BCUT2D eigenvalue weighted by molar-refractivity contribution is -0.138. The van der Waals surface area contributed by atoms with Gasteiger partial charge in [-0.3, -0.25) is 14.4 Å². The molecule has 1 heterocycles. The summed E-state index contributed by atoms with van der Waals surface area (Å²) in [6, 6.07) is 16.5. The van der Waals surface area contributed by atoms with Crippen molar-refractivity contribution in [3.05, 3.63) is 65.7 Å². The predicted octanol–water partition coefficient (Wildman–Crippen LogP) is 2.86. The van der Waals surface area contributed by atoms with Gasteiger partial charge >= 0.3 is 5.97 Å². The van der Waals surface area contributed by atoms with Gasteiger partial charge in [-0.25, -0.2) is 0 Å². The minimum atomic E-state index is -0.920. The third kappa shape index (κ3) is 4.53. The average Bonchev–Trinajstić information content (AvgIpc) is 3.03. The van der Waals surface area contributed by atoms with Crippen molar-refractivity contribution in [1.29, 1.82) is 0 Å². The van der Waals surface area contributed by atoms with Crippen LogP contribution in [-0.4, -0.2) is 34.3 Å². The number of likely N-dealkylation sites (tertiary alicyclic amines) is 1. The summed E-state index contributed by atoms with van der Waals surface area (Å²) >= 11 is 0. The van der Waals surface area contributed by atoms with Gasteiger partial charge in [0, 0.05) is 25.2 Å². The molecule has 1 aliphatic rings. The molecule has 3 rings (SSSR count). The van der Waals surface area contributed by atoms with Crippen LogP contribution in [0.3, 0.4) is 0 Å². The Morgan fingerprint density at radius 3 is 2.63 bits per heavy atom. The van der Waals surface area contributed by atoms with Gasteiger partial charge in [-0.15, -0.1) is 0 Å². The van der Waals surface area contributed by atoms with E-state index in [-0.39, 0.29) is 18.2 Å². The molecule has 0 aliphatic carbocycles. The van der Waals surface area contributed by atoms with Crippen LogP contribution >= 0.6 is 0 Å². The molecule has 2 unspecified atom stereocenters. The lowest BCUT2D eigenvalue weighted by atomic mass is 10.0. The van der Waals surface area contributed by atoms with E-state index in [1.165, 1.54) is 0 Å². The maximum Gasteiger partial charge on any atom is 0.310 e. The summed E-state index contributed by atoms with van der Waals surface area (Å²) in [5.41, 5.74) is 2.19. The summed E-state index contributed by atoms with van der Waals surface area (Å²) in [5, 5.41) is 11.9. The molecule has 0 radical (unpaired) electrons. The summed E-state index contributed by atoms with van der Waals surface area (Å²) < 4.78 is 0. The molecule has 1 fully saturated rings. The Kier molecular flexibility index (Phi) is 5.54. The number of anilines is 1. The first-order valence-corrected chi connectivity index (χ1v) is 8.89. The van der Waals surface area contributed by atoms with Crippen LogP contribution in [0.15, 0.2) is 54.6 Å². The van der Waals surface area contributed by atoms with Gasteiger partial charge in [0.25, 0.3) is 0 Å². The van der Waals surface area contributed by atoms with Crippen LogP contribution in [0.4, 0.5) is 5.69 Å². The summed E-state index contributed by atoms with van der Waals surface area (Å²) in [7, 11) is 0. The molecule has 1 aliphatic heterocycles. The van der Waals surface area contributed by atoms with Crippen LogP contribution in [-0.2, 0) is 20.9 Å². The van der Waals surface area contributed by atoms with Crippen LogP contribution in [0, 0.1) is 5.92 Å². The van der Waals surface area contributed by atoms with Crippen LogP contribution in [0.1, 0.15) is 30.4 Å². The molecular formula is C21H22N2O4. The Morgan fingerprint density at radius 1 is 1.19 bits per heavy atom. The zero-order valence-electron chi connectivity index (χ0n) is 15.1. The Morgan fingerprint density at radius 2 is 1.93 bits per heavy atom. The largest absolute Gasteiger partial charge is 0.481 e. The number of nitrogens with one attached hydrogen (secondary N) is 1. The number of hydrogen-bond acceptors (Lipinski definition) is 3. The number of carboxylic acids is 1. The van der Waals surface area contributed by atoms with Gasteiger partial charge in [-0.2, -0.15) is 0 Å². The maximum atomic E-state index is 12.6. The van der Waals surface area contributed by atoms with Crippen molar-refractivity contribution in [2.24, 2.45) is 5.92 Å². The van der Waals surface area contributed by atoms with Gasteiger partial charge in [-0.1, -0.05) is 42.5 Å². The van der Waals surface area contributed by atoms with E-state index < -0.39 is 17.8 Å². The normalized spacial score (nSPS) is 17.6. The van der Waals surface area contributed by atoms with Crippen LogP contribution in [0.2, 0.25) is 0 Å². The number of hydrogen-bond donors (Lipinski definition) is 2. The number of carbonyl (C=O) groups excluding carboxylic acids is 2. The highest BCUT2D eigenvalue weighted by Crippen LogP contribution is 2.24. The van der Waals surface area contributed by atoms with Gasteiger partial charge in [0.15, 0.2) is 0 Å². The Hall–Kier alpha value is -3.15. The zero-order chi connectivity index (χ0) is 19.4. The van der Waals surface area contributed by atoms with Crippen LogP contribution in [0.25, 0.3) is 0 Å². The molecule has 2 N–H and O–H groups in total. The smallest absolute Gasteiger partial charge is 0.310 e. The standard InChI is InChI=1S/C21H22N2O4/c1-14(21(26)27)16-8-5-9-18(10-16)22-20(25)17-11-19(24)23(13-17)12-15-6-3-2-4-7-15/h2-10,14,17H,11-13H2,1H3,(H,22,25)(H,26,27). The summed E-state index contributed by atoms with van der Waals surface area (Å²) in [5.74, 6) is -2.25. The summed E-state index contributed by atoms with van der Waals surface area (Å²) in [6.45, 7) is 2.47. The molecule has 0 spiro atoms. The van der Waals surface area contributed by atoms with Gasteiger partial charge in [0.05, 0.1) is 11.8 Å². The van der Waals surface area contributed by atoms with E-state index in [0.717, 1.165) is 5.56 Å². The number of carboxylic acid groups (broad SMARTS) is 1. The van der Waals surface area contributed by atoms with Crippen molar-refractivity contribution in [3.63, 3.8) is 0 Å². The van der Waals surface area contributed by atoms with Gasteiger partial charge in [0.1, 0.15) is 0 Å². The van der Waals surface area contributed by atoms with E-state index in [1.807, 2.05) is 30.3 Å². The minimum absolute atomic E-state index is 0.0350. The zero-order valence-corrected chi connectivity index (χ0v) is 15.1. The number of nitrogens with zero attached hydrogens (tertiary/aromatic N) is 1. The molecule has 6 heteroatoms. The summed E-state index contributed by atoms with van der Waals surface area (Å²) in [6.07, 6.45) is 0.184. The molecule has 2 aromatic rings. The molecular weight excluding hydrogens is 344 g/mol. The second-order valence-corrected chi connectivity index (χ2v) is 6.84. The SMILES string of the molecule is CC(C(=O)O)c1cccc(NC(=O)C2CC(=O)N(Cc3ccccc3)C2)c1. The lowest BCUT2D eigenvalue weighted by Gasteiger charge is -2.17. The fourth-order valence-corrected chi connectivity index (χ4v) is 3.18. The second-order valence-electron chi connectivity index (χ2n) is 6.84. The minimum Gasteiger partial charge on any atom is -0.481 e. The van der Waals surface area contributed by atoms with E-state index in [9.17, 15) is 14.4 Å². The fraction of sp³-hybridized carbons (Fsp3) is 0.286. The molecule has 6 nitrogen and oxygen atoms in total. The van der Waals surface area contributed by atoms with Gasteiger partial charge in [0.2, 0.25) is 11.8 Å². The summed E-state index contributed by atoms with van der Waals surface area (Å²) in [4.78, 5) is 37.6. The van der Waals surface area contributed by atoms with Crippen LogP contribution in [0.5, 0.6) is 0 Å². The number of aliphatic carboxylic acids is 1. The number of rotatable bonds is 6. The quantitative estimate of drug-likeness (QED) is 0.823. The highest BCUT2D eigenvalue weighted by atomic mass is 16.4. The van der Waals surface area contributed by atoms with Crippen molar-refractivity contribution in [2.75, 3.05) is 11.9 Å². The average molecular weight is 366 g/mol. The van der Waals surface area contributed by atoms with E-state index in [1.54, 1.807) is 36.1 Å². The molecule has 0 saturated carbocycles. The molecule has 2 amide bonds. The Labute approximate surface area is 157 Å². The number of benzene rings is 2. The maximum absolute atomic E-state index is 12.6. The van der Waals surface area contributed by atoms with E-state index >= 15 is 0 Å². The van der Waals surface area contributed by atoms with Gasteiger partial charge < -0.3 is 15.3 Å². The Balaban J connectivity index is 1.63. The highest BCUT2D eigenvalue weighted by Gasteiger charge is 2.34. The molecule has 0 bridgehead atoms. The van der Waals surface area contributed by atoms with Gasteiger partial charge in [-0.05, 0) is 30.2 Å². The monoisotopic (exact) mass is 366 g/mol. The van der Waals surface area contributed by atoms with Crippen molar-refractivity contribution in [2.45, 2.75) is 25.8 Å². The van der Waals surface area contributed by atoms with Crippen molar-refractivity contribution in [1.82, 2.24) is 4.90 Å². The fourth-order valence-electron chi connectivity index (χ4n) is 3.18. The topological polar surface area (TPSA) is 86.7 Å². The molecule has 27 heavy (non-hydrogen) atoms. The van der Waals surface area contributed by atoms with E-state index in [0.29, 0.717) is 24.3 Å². The second kappa shape index (κ2) is 8.03. The third-order valence-corrected chi connectivity index (χ3v) is 4.83. The molecule has 2 atom stereocenters. The predicted molar refractivity (Wildman–Crippen MR) is 101 cm³/mol. The van der Waals surface area contributed by atoms with E-state index in [4.69, 9.17) is 5.11 Å². The third-order valence-electron chi connectivity index (χ3n) is 4.83. The van der Waals surface area contributed by atoms with Crippen molar-refractivity contribution < 1.29 is 19.5 Å². The van der Waals surface area contributed by atoms with E-state index in [2.05, 4.69) is 5.32 Å². The highest BCUT2D eigenvalue weighted by molar-refractivity contribution is 5.97. The first kappa shape index (κ1) is 18.6. The molecule has 2 aromatic carbocycles. The molecule has 1 saturated heterocycles. The first-order valence-electron chi connectivity index (χ1n) is 8.89. The lowest BCUT2D eigenvalue weighted by Crippen LogP contribution is -2.28. The van der Waals surface area contributed by atoms with Crippen molar-refractivity contribution >= 4 is 23.5 Å². The Bertz CT molecular complexity index is 850. The van der Waals surface area contributed by atoms with Crippen molar-refractivity contribution in [3.8, 4) is 0 Å². The first-order chi connectivity index (χ1) is 12.9. The van der Waals surface area contributed by atoms with Crippen LogP contribution < -0.4 is 5.32 Å². The molecule has 0 aromatic heterocycles. The number of carbonyl (C=O) groups is 3. The number of amides is 2. The molecule has 140 valence electrons.